The van der Waals surface area contributed by atoms with Gasteiger partial charge in [0, 0.05) is 5.56 Å². The summed E-state index contributed by atoms with van der Waals surface area (Å²) in [5.74, 6) is -0.0512. The zero-order chi connectivity index (χ0) is 14.9. The van der Waals surface area contributed by atoms with Crippen LogP contribution in [0.15, 0.2) is 18.2 Å². The zero-order valence-electron chi connectivity index (χ0n) is 11.8. The van der Waals surface area contributed by atoms with Gasteiger partial charge in [-0.1, -0.05) is 17.4 Å². The number of Topliss-reactive ketones (excluding diaryl/α,β-unsaturated/α-hetero) is 1. The van der Waals surface area contributed by atoms with E-state index < -0.39 is 11.7 Å². The number of carbonyl (C=O) groups excluding carboxylic acids is 2. The lowest BCUT2D eigenvalue weighted by atomic mass is 10.1. The first kappa shape index (κ1) is 14.5. The molecule has 0 saturated heterocycles. The van der Waals surface area contributed by atoms with Crippen LogP contribution in [0.4, 0.5) is 9.93 Å². The van der Waals surface area contributed by atoms with Crippen LogP contribution in [0.5, 0.6) is 0 Å². The number of ketones is 1. The molecule has 0 fully saturated rings. The van der Waals surface area contributed by atoms with Crippen molar-refractivity contribution in [2.24, 2.45) is 0 Å². The van der Waals surface area contributed by atoms with Crippen molar-refractivity contribution >= 4 is 38.6 Å². The second-order valence-corrected chi connectivity index (χ2v) is 6.39. The van der Waals surface area contributed by atoms with Crippen molar-refractivity contribution in [3.8, 4) is 0 Å². The molecule has 0 aliphatic rings. The van der Waals surface area contributed by atoms with Crippen molar-refractivity contribution in [3.63, 3.8) is 0 Å². The monoisotopic (exact) mass is 292 g/mol. The fraction of sp³-hybridized carbons (Fsp3) is 0.357. The third-order valence-corrected chi connectivity index (χ3v) is 3.34. The molecule has 6 heteroatoms. The SMILES string of the molecule is CC(=O)c1cccc2sc(NC(=O)OC(C)(C)C)nc12. The molecule has 106 valence electrons. The molecule has 1 aromatic heterocycles. The largest absolute Gasteiger partial charge is 0.444 e. The molecule has 0 atom stereocenters. The molecule has 0 aliphatic carbocycles. The predicted octanol–water partition coefficient (Wildman–Crippen LogP) is 3.85. The lowest BCUT2D eigenvalue weighted by molar-refractivity contribution is 0.0636. The first-order valence-corrected chi connectivity index (χ1v) is 6.98. The summed E-state index contributed by atoms with van der Waals surface area (Å²) in [7, 11) is 0. The maximum atomic E-state index is 11.7. The number of carbonyl (C=O) groups is 2. The molecule has 1 heterocycles. The van der Waals surface area contributed by atoms with Crippen molar-refractivity contribution in [2.75, 3.05) is 5.32 Å². The summed E-state index contributed by atoms with van der Waals surface area (Å²) in [6, 6.07) is 5.38. The van der Waals surface area contributed by atoms with Crippen molar-refractivity contribution in [2.45, 2.75) is 33.3 Å². The van der Waals surface area contributed by atoms with E-state index in [4.69, 9.17) is 4.74 Å². The molecule has 2 aromatic rings. The Bertz CT molecular complexity index is 671. The van der Waals surface area contributed by atoms with E-state index in [0.29, 0.717) is 16.2 Å². The third-order valence-electron chi connectivity index (χ3n) is 2.41. The second-order valence-electron chi connectivity index (χ2n) is 5.35. The van der Waals surface area contributed by atoms with Gasteiger partial charge in [0.1, 0.15) is 5.60 Å². The van der Waals surface area contributed by atoms with Gasteiger partial charge in [-0.25, -0.2) is 9.78 Å². The average molecular weight is 292 g/mol. The molecule has 1 aromatic carbocycles. The van der Waals surface area contributed by atoms with Gasteiger partial charge in [-0.3, -0.25) is 10.1 Å². The van der Waals surface area contributed by atoms with Crippen LogP contribution in [-0.4, -0.2) is 22.5 Å². The van der Waals surface area contributed by atoms with Gasteiger partial charge in [-0.15, -0.1) is 0 Å². The molecule has 2 rings (SSSR count). The van der Waals surface area contributed by atoms with Crippen LogP contribution in [0, 0.1) is 0 Å². The number of anilines is 1. The smallest absolute Gasteiger partial charge is 0.413 e. The topological polar surface area (TPSA) is 68.3 Å². The summed E-state index contributed by atoms with van der Waals surface area (Å²) in [5.41, 5.74) is 0.595. The number of amides is 1. The van der Waals surface area contributed by atoms with Gasteiger partial charge in [0.2, 0.25) is 0 Å². The molecule has 0 spiro atoms. The Labute approximate surface area is 121 Å². The van der Waals surface area contributed by atoms with Gasteiger partial charge in [0.05, 0.1) is 10.2 Å². The fourth-order valence-corrected chi connectivity index (χ4v) is 2.56. The van der Waals surface area contributed by atoms with Gasteiger partial charge in [-0.2, -0.15) is 0 Å². The molecule has 5 nitrogen and oxygen atoms in total. The molecule has 0 aliphatic heterocycles. The fourth-order valence-electron chi connectivity index (χ4n) is 1.68. The van der Waals surface area contributed by atoms with Gasteiger partial charge >= 0.3 is 6.09 Å². The van der Waals surface area contributed by atoms with E-state index in [1.165, 1.54) is 18.3 Å². The first-order valence-electron chi connectivity index (χ1n) is 6.17. The summed E-state index contributed by atoms with van der Waals surface area (Å²) in [4.78, 5) is 27.5. The van der Waals surface area contributed by atoms with Crippen LogP contribution in [0.25, 0.3) is 10.2 Å². The van der Waals surface area contributed by atoms with Gasteiger partial charge < -0.3 is 4.74 Å². The third kappa shape index (κ3) is 3.33. The molecule has 0 bridgehead atoms. The maximum absolute atomic E-state index is 11.7. The standard InChI is InChI=1S/C14H16N2O3S/c1-8(17)9-6-5-7-10-11(9)15-12(20-10)16-13(18)19-14(2,3)4/h5-7H,1-4H3,(H,15,16,18). The Balaban J connectivity index is 2.27. The van der Waals surface area contributed by atoms with Gasteiger partial charge in [0.25, 0.3) is 0 Å². The minimum atomic E-state index is -0.564. The number of fused-ring (bicyclic) bond motifs is 1. The molecular formula is C14H16N2O3S. The summed E-state index contributed by atoms with van der Waals surface area (Å²) < 4.78 is 6.02. The minimum absolute atomic E-state index is 0.0512. The first-order chi connectivity index (χ1) is 9.26. The number of aromatic nitrogens is 1. The average Bonchev–Trinajstić information content (AvgIpc) is 2.67. The Hall–Kier alpha value is -1.95. The van der Waals surface area contributed by atoms with E-state index in [2.05, 4.69) is 10.3 Å². The highest BCUT2D eigenvalue weighted by Gasteiger charge is 2.18. The van der Waals surface area contributed by atoms with Crippen LogP contribution in [-0.2, 0) is 4.74 Å². The highest BCUT2D eigenvalue weighted by atomic mass is 32.1. The van der Waals surface area contributed by atoms with Gasteiger partial charge in [-0.05, 0) is 39.8 Å². The number of ether oxygens (including phenoxy) is 1. The molecule has 0 unspecified atom stereocenters. The van der Waals surface area contributed by atoms with E-state index in [1.807, 2.05) is 6.07 Å². The normalized spacial score (nSPS) is 11.4. The number of para-hydroxylation sites is 1. The summed E-state index contributed by atoms with van der Waals surface area (Å²) in [6.45, 7) is 6.87. The number of benzene rings is 1. The molecule has 1 amide bonds. The zero-order valence-corrected chi connectivity index (χ0v) is 12.6. The number of rotatable bonds is 2. The minimum Gasteiger partial charge on any atom is -0.444 e. The summed E-state index contributed by atoms with van der Waals surface area (Å²) in [5, 5.41) is 3.01. The van der Waals surface area contributed by atoms with Crippen molar-refractivity contribution in [1.29, 1.82) is 0 Å². The van der Waals surface area contributed by atoms with Crippen LogP contribution >= 0.6 is 11.3 Å². The van der Waals surface area contributed by atoms with Crippen LogP contribution in [0.1, 0.15) is 38.1 Å². The van der Waals surface area contributed by atoms with Crippen molar-refractivity contribution < 1.29 is 14.3 Å². The second kappa shape index (κ2) is 5.20. The highest BCUT2D eigenvalue weighted by Crippen LogP contribution is 2.28. The molecule has 20 heavy (non-hydrogen) atoms. The number of hydrogen-bond donors (Lipinski definition) is 1. The van der Waals surface area contributed by atoms with E-state index in [-0.39, 0.29) is 5.78 Å². The number of thiazole rings is 1. The van der Waals surface area contributed by atoms with E-state index >= 15 is 0 Å². The summed E-state index contributed by atoms with van der Waals surface area (Å²) >= 11 is 1.31. The predicted molar refractivity (Wildman–Crippen MR) is 79.5 cm³/mol. The van der Waals surface area contributed by atoms with Crippen LogP contribution in [0.3, 0.4) is 0 Å². The van der Waals surface area contributed by atoms with Crippen molar-refractivity contribution in [3.05, 3.63) is 23.8 Å². The number of hydrogen-bond acceptors (Lipinski definition) is 5. The van der Waals surface area contributed by atoms with E-state index in [1.54, 1.807) is 32.9 Å². The van der Waals surface area contributed by atoms with Crippen LogP contribution in [0.2, 0.25) is 0 Å². The number of nitrogens with zero attached hydrogens (tertiary/aromatic N) is 1. The Morgan fingerprint density at radius 1 is 1.30 bits per heavy atom. The Kier molecular flexibility index (Phi) is 3.76. The lowest BCUT2D eigenvalue weighted by Crippen LogP contribution is -2.27. The molecule has 0 radical (unpaired) electrons. The van der Waals surface area contributed by atoms with E-state index in [0.717, 1.165) is 4.70 Å². The Morgan fingerprint density at radius 2 is 2.00 bits per heavy atom. The molecule has 0 saturated carbocycles. The summed E-state index contributed by atoms with van der Waals surface area (Å²) in [6.07, 6.45) is -0.555. The molecular weight excluding hydrogens is 276 g/mol. The quantitative estimate of drug-likeness (QED) is 0.854. The Morgan fingerprint density at radius 3 is 2.60 bits per heavy atom. The molecule has 1 N–H and O–H groups in total. The lowest BCUT2D eigenvalue weighted by Gasteiger charge is -2.18. The van der Waals surface area contributed by atoms with Crippen LogP contribution < -0.4 is 5.32 Å². The van der Waals surface area contributed by atoms with E-state index in [9.17, 15) is 9.59 Å². The maximum Gasteiger partial charge on any atom is 0.413 e. The van der Waals surface area contributed by atoms with Crippen molar-refractivity contribution in [1.82, 2.24) is 4.98 Å². The van der Waals surface area contributed by atoms with Gasteiger partial charge in [0.15, 0.2) is 10.9 Å². The number of nitrogens with one attached hydrogen (secondary N) is 1. The highest BCUT2D eigenvalue weighted by molar-refractivity contribution is 7.22.